The van der Waals surface area contributed by atoms with Crippen LogP contribution in [0.15, 0.2) is 35.4 Å². The number of rotatable bonds is 5. The van der Waals surface area contributed by atoms with Crippen LogP contribution < -0.4 is 5.32 Å². The van der Waals surface area contributed by atoms with Crippen LogP contribution in [-0.2, 0) is 15.3 Å². The Kier molecular flexibility index (Phi) is 4.84. The van der Waals surface area contributed by atoms with Crippen molar-refractivity contribution in [3.8, 4) is 0 Å². The first-order valence-electron chi connectivity index (χ1n) is 7.17. The lowest BCUT2D eigenvalue weighted by atomic mass is 9.87. The Labute approximate surface area is 135 Å². The van der Waals surface area contributed by atoms with Crippen LogP contribution >= 0.6 is 0 Å². The fraction of sp³-hybridized carbons (Fsp3) is 0.400. The molecule has 2 N–H and O–H groups in total. The lowest BCUT2D eigenvalue weighted by Gasteiger charge is -2.19. The summed E-state index contributed by atoms with van der Waals surface area (Å²) in [4.78, 5) is 11.9. The molecular formula is C15H20N4O3S. The van der Waals surface area contributed by atoms with Crippen LogP contribution in [0.25, 0.3) is 0 Å². The molecule has 0 fully saturated rings. The smallest absolute Gasteiger partial charge is 0.273 e. The van der Waals surface area contributed by atoms with Crippen LogP contribution in [0.4, 0.5) is 0 Å². The normalized spacial score (nSPS) is 12.1. The van der Waals surface area contributed by atoms with Gasteiger partial charge in [0.1, 0.15) is 0 Å². The second-order valence-corrected chi connectivity index (χ2v) is 8.31. The number of aromatic amines is 1. The van der Waals surface area contributed by atoms with Gasteiger partial charge in [-0.2, -0.15) is 15.4 Å². The highest BCUT2D eigenvalue weighted by atomic mass is 32.2. The predicted octanol–water partition coefficient (Wildman–Crippen LogP) is 1.31. The Morgan fingerprint density at radius 1 is 1.22 bits per heavy atom. The molecule has 8 heteroatoms. The van der Waals surface area contributed by atoms with Crippen molar-refractivity contribution in [1.82, 2.24) is 20.7 Å². The third kappa shape index (κ3) is 4.38. The largest absolute Gasteiger partial charge is 0.350 e. The number of nitrogens with one attached hydrogen (secondary N) is 2. The van der Waals surface area contributed by atoms with Crippen molar-refractivity contribution in [3.05, 3.63) is 41.7 Å². The molecule has 124 valence electrons. The predicted molar refractivity (Wildman–Crippen MR) is 85.9 cm³/mol. The van der Waals surface area contributed by atoms with Crippen LogP contribution in [-0.4, -0.2) is 42.0 Å². The summed E-state index contributed by atoms with van der Waals surface area (Å²) >= 11 is 0. The molecule has 0 aliphatic carbocycles. The molecular weight excluding hydrogens is 316 g/mol. The average molecular weight is 336 g/mol. The van der Waals surface area contributed by atoms with E-state index in [4.69, 9.17) is 0 Å². The van der Waals surface area contributed by atoms with Gasteiger partial charge in [0.2, 0.25) is 0 Å². The minimum absolute atomic E-state index is 0.00898. The number of aromatic nitrogens is 3. The molecule has 0 saturated heterocycles. The maximum atomic E-state index is 12.3. The molecule has 1 aromatic heterocycles. The van der Waals surface area contributed by atoms with E-state index in [0.717, 1.165) is 5.56 Å². The Bertz CT molecular complexity index is 760. The fourth-order valence-electron chi connectivity index (χ4n) is 1.98. The summed E-state index contributed by atoms with van der Waals surface area (Å²) in [6.45, 7) is 6.21. The number of carbonyl (C=O) groups excluding carboxylic acids is 1. The summed E-state index contributed by atoms with van der Waals surface area (Å²) in [5.41, 5.74) is 1.15. The molecule has 0 unspecified atom stereocenters. The lowest BCUT2D eigenvalue weighted by Crippen LogP contribution is -2.29. The Hall–Kier alpha value is -2.22. The Balaban J connectivity index is 1.98. The molecule has 0 spiro atoms. The van der Waals surface area contributed by atoms with Crippen molar-refractivity contribution < 1.29 is 13.2 Å². The quantitative estimate of drug-likeness (QED) is 0.856. The van der Waals surface area contributed by atoms with E-state index in [9.17, 15) is 13.2 Å². The maximum Gasteiger partial charge on any atom is 0.273 e. The standard InChI is InChI=1S/C15H20N4O3S/c1-15(2,3)11-4-6-12(7-5-11)23(21,22)9-8-16-14(20)13-10-17-19-18-13/h4-7,10H,8-9H2,1-3H3,(H,16,20)(H,17,18,19). The number of sulfone groups is 1. The van der Waals surface area contributed by atoms with Gasteiger partial charge in [0.15, 0.2) is 15.5 Å². The lowest BCUT2D eigenvalue weighted by molar-refractivity contribution is 0.0951. The van der Waals surface area contributed by atoms with E-state index >= 15 is 0 Å². The summed E-state index contributed by atoms with van der Waals surface area (Å²) in [6, 6.07) is 6.85. The summed E-state index contributed by atoms with van der Waals surface area (Å²) in [6.07, 6.45) is 1.27. The van der Waals surface area contributed by atoms with Crippen LogP contribution in [0, 0.1) is 0 Å². The first-order chi connectivity index (χ1) is 10.7. The SMILES string of the molecule is CC(C)(C)c1ccc(S(=O)(=O)CCNC(=O)c2cn[nH]n2)cc1. The van der Waals surface area contributed by atoms with E-state index in [1.165, 1.54) is 6.20 Å². The minimum Gasteiger partial charge on any atom is -0.350 e. The van der Waals surface area contributed by atoms with E-state index in [1.807, 2.05) is 12.1 Å². The van der Waals surface area contributed by atoms with Gasteiger partial charge in [0, 0.05) is 6.54 Å². The molecule has 1 amide bonds. The highest BCUT2D eigenvalue weighted by molar-refractivity contribution is 7.91. The molecule has 1 heterocycles. The third-order valence-electron chi connectivity index (χ3n) is 3.38. The average Bonchev–Trinajstić information content (AvgIpc) is 3.00. The topological polar surface area (TPSA) is 105 Å². The van der Waals surface area contributed by atoms with Gasteiger partial charge >= 0.3 is 0 Å². The van der Waals surface area contributed by atoms with Crippen LogP contribution in [0.2, 0.25) is 0 Å². The fourth-order valence-corrected chi connectivity index (χ4v) is 3.14. The maximum absolute atomic E-state index is 12.3. The monoisotopic (exact) mass is 336 g/mol. The molecule has 2 rings (SSSR count). The van der Waals surface area contributed by atoms with E-state index in [1.54, 1.807) is 12.1 Å². The van der Waals surface area contributed by atoms with Gasteiger partial charge in [-0.05, 0) is 23.1 Å². The highest BCUT2D eigenvalue weighted by Crippen LogP contribution is 2.23. The number of nitrogens with zero attached hydrogens (tertiary/aromatic N) is 2. The Morgan fingerprint density at radius 3 is 2.39 bits per heavy atom. The number of hydrogen-bond acceptors (Lipinski definition) is 5. The zero-order valence-corrected chi connectivity index (χ0v) is 14.1. The highest BCUT2D eigenvalue weighted by Gasteiger charge is 2.18. The van der Waals surface area contributed by atoms with Crippen molar-refractivity contribution >= 4 is 15.7 Å². The van der Waals surface area contributed by atoms with Gasteiger partial charge < -0.3 is 5.32 Å². The number of amides is 1. The molecule has 0 atom stereocenters. The molecule has 0 saturated carbocycles. The van der Waals surface area contributed by atoms with Gasteiger partial charge in [-0.3, -0.25) is 4.79 Å². The molecule has 7 nitrogen and oxygen atoms in total. The first kappa shape index (κ1) is 17.1. The zero-order chi connectivity index (χ0) is 17.1. The molecule has 1 aromatic carbocycles. The van der Waals surface area contributed by atoms with Crippen molar-refractivity contribution in [2.75, 3.05) is 12.3 Å². The molecule has 0 aliphatic heterocycles. The van der Waals surface area contributed by atoms with Gasteiger partial charge in [-0.15, -0.1) is 0 Å². The van der Waals surface area contributed by atoms with Crippen molar-refractivity contribution in [2.24, 2.45) is 0 Å². The van der Waals surface area contributed by atoms with E-state index in [2.05, 4.69) is 41.5 Å². The van der Waals surface area contributed by atoms with E-state index < -0.39 is 15.7 Å². The molecule has 0 bridgehead atoms. The number of benzene rings is 1. The Morgan fingerprint density at radius 2 is 1.87 bits per heavy atom. The second kappa shape index (κ2) is 6.49. The van der Waals surface area contributed by atoms with E-state index in [-0.39, 0.29) is 28.3 Å². The second-order valence-electron chi connectivity index (χ2n) is 6.20. The van der Waals surface area contributed by atoms with Crippen LogP contribution in [0.1, 0.15) is 36.8 Å². The number of H-pyrrole nitrogens is 1. The minimum atomic E-state index is -3.45. The van der Waals surface area contributed by atoms with Gasteiger partial charge in [-0.1, -0.05) is 32.9 Å². The number of carbonyl (C=O) groups is 1. The summed E-state index contributed by atoms with van der Waals surface area (Å²) in [7, 11) is -3.45. The summed E-state index contributed by atoms with van der Waals surface area (Å²) in [5.74, 6) is -0.636. The zero-order valence-electron chi connectivity index (χ0n) is 13.3. The first-order valence-corrected chi connectivity index (χ1v) is 8.83. The number of hydrogen-bond donors (Lipinski definition) is 2. The van der Waals surface area contributed by atoms with Gasteiger partial charge in [-0.25, -0.2) is 8.42 Å². The van der Waals surface area contributed by atoms with Crippen LogP contribution in [0.3, 0.4) is 0 Å². The van der Waals surface area contributed by atoms with Gasteiger partial charge in [0.05, 0.1) is 16.8 Å². The third-order valence-corrected chi connectivity index (χ3v) is 5.12. The van der Waals surface area contributed by atoms with Crippen molar-refractivity contribution in [3.63, 3.8) is 0 Å². The molecule has 23 heavy (non-hydrogen) atoms. The van der Waals surface area contributed by atoms with Crippen molar-refractivity contribution in [1.29, 1.82) is 0 Å². The summed E-state index contributed by atoms with van der Waals surface area (Å²) in [5, 5.41) is 12.0. The molecule has 0 radical (unpaired) electrons. The van der Waals surface area contributed by atoms with Crippen LogP contribution in [0.5, 0.6) is 0 Å². The van der Waals surface area contributed by atoms with Gasteiger partial charge in [0.25, 0.3) is 5.91 Å². The van der Waals surface area contributed by atoms with Crippen molar-refractivity contribution in [2.45, 2.75) is 31.1 Å². The summed E-state index contributed by atoms with van der Waals surface area (Å²) < 4.78 is 24.6. The molecule has 2 aromatic rings. The molecule has 0 aliphatic rings. The van der Waals surface area contributed by atoms with E-state index in [0.29, 0.717) is 0 Å².